The SMILES string of the molecule is CCCNC1(CC(=O)OC)COCc2ccccc21. The fraction of sp³-hybridized carbons (Fsp3) is 0.533. The lowest BCUT2D eigenvalue weighted by Gasteiger charge is -2.39. The van der Waals surface area contributed by atoms with E-state index < -0.39 is 5.54 Å². The molecule has 1 heterocycles. The van der Waals surface area contributed by atoms with Gasteiger partial charge in [-0.25, -0.2) is 0 Å². The van der Waals surface area contributed by atoms with Crippen molar-refractivity contribution in [3.63, 3.8) is 0 Å². The van der Waals surface area contributed by atoms with E-state index in [0.29, 0.717) is 19.6 Å². The van der Waals surface area contributed by atoms with Crippen molar-refractivity contribution < 1.29 is 14.3 Å². The van der Waals surface area contributed by atoms with Crippen LogP contribution in [0.15, 0.2) is 24.3 Å². The Bertz CT molecular complexity index is 447. The largest absolute Gasteiger partial charge is 0.469 e. The maximum atomic E-state index is 11.7. The molecule has 1 aliphatic heterocycles. The van der Waals surface area contributed by atoms with Crippen molar-refractivity contribution >= 4 is 5.97 Å². The van der Waals surface area contributed by atoms with E-state index in [-0.39, 0.29) is 5.97 Å². The molecule has 2 rings (SSSR count). The molecule has 1 N–H and O–H groups in total. The summed E-state index contributed by atoms with van der Waals surface area (Å²) in [4.78, 5) is 11.7. The van der Waals surface area contributed by atoms with Crippen molar-refractivity contribution in [2.45, 2.75) is 31.9 Å². The molecule has 0 saturated carbocycles. The van der Waals surface area contributed by atoms with E-state index in [1.807, 2.05) is 18.2 Å². The summed E-state index contributed by atoms with van der Waals surface area (Å²) < 4.78 is 10.5. The van der Waals surface area contributed by atoms with E-state index in [2.05, 4.69) is 18.3 Å². The van der Waals surface area contributed by atoms with Crippen molar-refractivity contribution in [1.82, 2.24) is 5.32 Å². The Morgan fingerprint density at radius 2 is 2.26 bits per heavy atom. The van der Waals surface area contributed by atoms with Crippen LogP contribution in [0, 0.1) is 0 Å². The van der Waals surface area contributed by atoms with Crippen molar-refractivity contribution in [3.8, 4) is 0 Å². The van der Waals surface area contributed by atoms with Crippen LogP contribution in [0.3, 0.4) is 0 Å². The lowest BCUT2D eigenvalue weighted by Crippen LogP contribution is -2.50. The van der Waals surface area contributed by atoms with Gasteiger partial charge in [-0.05, 0) is 24.1 Å². The summed E-state index contributed by atoms with van der Waals surface area (Å²) in [5.41, 5.74) is 1.83. The zero-order valence-corrected chi connectivity index (χ0v) is 11.6. The first-order valence-corrected chi connectivity index (χ1v) is 6.70. The molecule has 1 atom stereocenters. The number of esters is 1. The van der Waals surface area contributed by atoms with E-state index >= 15 is 0 Å². The molecule has 0 aromatic heterocycles. The zero-order valence-electron chi connectivity index (χ0n) is 11.6. The fourth-order valence-electron chi connectivity index (χ4n) is 2.56. The average molecular weight is 263 g/mol. The van der Waals surface area contributed by atoms with Crippen LogP contribution in [-0.4, -0.2) is 26.2 Å². The molecule has 0 spiro atoms. The molecule has 0 amide bonds. The maximum absolute atomic E-state index is 11.7. The van der Waals surface area contributed by atoms with Crippen LogP contribution >= 0.6 is 0 Å². The molecule has 4 nitrogen and oxygen atoms in total. The molecule has 1 unspecified atom stereocenters. The van der Waals surface area contributed by atoms with Gasteiger partial charge in [-0.2, -0.15) is 0 Å². The van der Waals surface area contributed by atoms with Gasteiger partial charge in [-0.15, -0.1) is 0 Å². The predicted octanol–water partition coefficient (Wildman–Crippen LogP) is 1.97. The lowest BCUT2D eigenvalue weighted by molar-refractivity contribution is -0.143. The molecular weight excluding hydrogens is 242 g/mol. The third-order valence-electron chi connectivity index (χ3n) is 3.53. The molecule has 1 aliphatic rings. The second-order valence-electron chi connectivity index (χ2n) is 4.91. The predicted molar refractivity (Wildman–Crippen MR) is 72.7 cm³/mol. The van der Waals surface area contributed by atoms with Gasteiger partial charge in [0.25, 0.3) is 0 Å². The van der Waals surface area contributed by atoms with Gasteiger partial charge in [0.15, 0.2) is 0 Å². The minimum absolute atomic E-state index is 0.219. The molecule has 19 heavy (non-hydrogen) atoms. The second kappa shape index (κ2) is 6.17. The minimum Gasteiger partial charge on any atom is -0.469 e. The molecule has 0 aliphatic carbocycles. The fourth-order valence-corrected chi connectivity index (χ4v) is 2.56. The summed E-state index contributed by atoms with van der Waals surface area (Å²) in [6.45, 7) is 4.05. The molecule has 0 radical (unpaired) electrons. The van der Waals surface area contributed by atoms with Crippen molar-refractivity contribution in [2.24, 2.45) is 0 Å². The number of benzene rings is 1. The van der Waals surface area contributed by atoms with E-state index in [1.54, 1.807) is 0 Å². The number of ether oxygens (including phenoxy) is 2. The van der Waals surface area contributed by atoms with Crippen molar-refractivity contribution in [3.05, 3.63) is 35.4 Å². The van der Waals surface area contributed by atoms with E-state index in [4.69, 9.17) is 9.47 Å². The number of fused-ring (bicyclic) bond motifs is 1. The van der Waals surface area contributed by atoms with Crippen LogP contribution in [0.25, 0.3) is 0 Å². The van der Waals surface area contributed by atoms with Crippen LogP contribution in [0.1, 0.15) is 30.9 Å². The Morgan fingerprint density at radius 3 is 3.00 bits per heavy atom. The lowest BCUT2D eigenvalue weighted by atomic mass is 9.82. The van der Waals surface area contributed by atoms with Gasteiger partial charge in [0.1, 0.15) is 0 Å². The summed E-state index contributed by atoms with van der Waals surface area (Å²) in [6.07, 6.45) is 1.30. The third kappa shape index (κ3) is 2.96. The van der Waals surface area contributed by atoms with E-state index in [0.717, 1.165) is 24.1 Å². The highest BCUT2D eigenvalue weighted by Crippen LogP contribution is 2.33. The average Bonchev–Trinajstić information content (AvgIpc) is 2.45. The van der Waals surface area contributed by atoms with Crippen molar-refractivity contribution in [1.29, 1.82) is 0 Å². The molecule has 1 aromatic carbocycles. The molecular formula is C15H21NO3. The third-order valence-corrected chi connectivity index (χ3v) is 3.53. The van der Waals surface area contributed by atoms with Gasteiger partial charge >= 0.3 is 5.97 Å². The summed E-state index contributed by atoms with van der Waals surface area (Å²) in [5, 5.41) is 3.48. The highest BCUT2D eigenvalue weighted by molar-refractivity contribution is 5.71. The number of carbonyl (C=O) groups excluding carboxylic acids is 1. The van der Waals surface area contributed by atoms with Gasteiger partial charge in [-0.3, -0.25) is 4.79 Å². The second-order valence-corrected chi connectivity index (χ2v) is 4.91. The first-order chi connectivity index (χ1) is 9.22. The number of carbonyl (C=O) groups is 1. The molecule has 0 saturated heterocycles. The van der Waals surface area contributed by atoms with Gasteiger partial charge in [0, 0.05) is 0 Å². The van der Waals surface area contributed by atoms with E-state index in [1.165, 1.54) is 7.11 Å². The first kappa shape index (κ1) is 14.0. The Hall–Kier alpha value is -1.39. The van der Waals surface area contributed by atoms with Crippen LogP contribution in [0.4, 0.5) is 0 Å². The molecule has 4 heteroatoms. The molecule has 0 bridgehead atoms. The normalized spacial score (nSPS) is 21.8. The smallest absolute Gasteiger partial charge is 0.307 e. The number of hydrogen-bond donors (Lipinski definition) is 1. The minimum atomic E-state index is -0.460. The quantitative estimate of drug-likeness (QED) is 0.825. The molecule has 1 aromatic rings. The topological polar surface area (TPSA) is 47.6 Å². The van der Waals surface area contributed by atoms with Crippen molar-refractivity contribution in [2.75, 3.05) is 20.3 Å². The van der Waals surface area contributed by atoms with E-state index in [9.17, 15) is 4.79 Å². The Morgan fingerprint density at radius 1 is 1.47 bits per heavy atom. The molecule has 104 valence electrons. The van der Waals surface area contributed by atoms with Gasteiger partial charge < -0.3 is 14.8 Å². The Balaban J connectivity index is 2.35. The Labute approximate surface area is 114 Å². The van der Waals surface area contributed by atoms with Crippen LogP contribution < -0.4 is 5.32 Å². The van der Waals surface area contributed by atoms with Crippen LogP contribution in [-0.2, 0) is 26.4 Å². The zero-order chi connectivity index (χ0) is 13.7. The monoisotopic (exact) mass is 263 g/mol. The summed E-state index contributed by atoms with van der Waals surface area (Å²) in [6, 6.07) is 8.12. The first-order valence-electron chi connectivity index (χ1n) is 6.70. The number of methoxy groups -OCH3 is 1. The van der Waals surface area contributed by atoms with Crippen LogP contribution in [0.2, 0.25) is 0 Å². The summed E-state index contributed by atoms with van der Waals surface area (Å²) in [7, 11) is 1.42. The number of rotatable bonds is 5. The highest BCUT2D eigenvalue weighted by Gasteiger charge is 2.39. The van der Waals surface area contributed by atoms with Gasteiger partial charge in [0.2, 0.25) is 0 Å². The van der Waals surface area contributed by atoms with Gasteiger partial charge in [0.05, 0.1) is 32.3 Å². The molecule has 0 fully saturated rings. The Kier molecular flexibility index (Phi) is 4.56. The highest BCUT2D eigenvalue weighted by atomic mass is 16.5. The number of hydrogen-bond acceptors (Lipinski definition) is 4. The van der Waals surface area contributed by atoms with Crippen LogP contribution in [0.5, 0.6) is 0 Å². The standard InChI is InChI=1S/C15H21NO3/c1-3-8-16-15(9-14(17)18-2)11-19-10-12-6-4-5-7-13(12)15/h4-7,16H,3,8-11H2,1-2H3. The maximum Gasteiger partial charge on any atom is 0.307 e. The summed E-state index contributed by atoms with van der Waals surface area (Å²) in [5.74, 6) is -0.219. The van der Waals surface area contributed by atoms with Gasteiger partial charge in [-0.1, -0.05) is 31.2 Å². The summed E-state index contributed by atoms with van der Waals surface area (Å²) >= 11 is 0. The number of nitrogens with one attached hydrogen (secondary N) is 1.